The van der Waals surface area contributed by atoms with Gasteiger partial charge in [0.15, 0.2) is 0 Å². The van der Waals surface area contributed by atoms with Crippen LogP contribution >= 0.6 is 0 Å². The standard InChI is InChI=1S/C12H12F3N3O.C3H8.C2H2/c13-12(14,15)8-3-1-2-7-9(8)10(19)18-5-4-17-6-11(7,18)16;1-3-2;1-2/h1-3,17H,4-6,16H2;3H2,1-2H3;1-2H/t11-;;/m0../s1. The number of carbonyl (C=O) groups excluding carboxylic acids is 1. The van der Waals surface area contributed by atoms with E-state index in [0.29, 0.717) is 13.1 Å². The summed E-state index contributed by atoms with van der Waals surface area (Å²) in [5, 5.41) is 3.02. The molecule has 1 saturated heterocycles. The number of nitrogens with one attached hydrogen (secondary N) is 1. The molecule has 0 spiro atoms. The van der Waals surface area contributed by atoms with Gasteiger partial charge in [0.25, 0.3) is 5.91 Å². The molecule has 1 aromatic rings. The van der Waals surface area contributed by atoms with Gasteiger partial charge >= 0.3 is 6.18 Å². The van der Waals surface area contributed by atoms with Crippen LogP contribution in [0, 0.1) is 12.8 Å². The first-order valence-electron chi connectivity index (χ1n) is 7.63. The van der Waals surface area contributed by atoms with E-state index in [0.717, 1.165) is 6.07 Å². The van der Waals surface area contributed by atoms with Crippen LogP contribution in [0.15, 0.2) is 18.2 Å². The number of carbonyl (C=O) groups is 1. The SMILES string of the molecule is C#C.CCC.N[C@@]12CNCCN1C(=O)c1c(C(F)(F)F)cccc12. The summed E-state index contributed by atoms with van der Waals surface area (Å²) in [4.78, 5) is 13.5. The summed E-state index contributed by atoms with van der Waals surface area (Å²) in [7, 11) is 0. The second-order valence-electron chi connectivity index (χ2n) is 5.49. The lowest BCUT2D eigenvalue weighted by Gasteiger charge is -2.39. The molecule has 0 radical (unpaired) electrons. The number of terminal acetylenes is 1. The number of alkyl halides is 3. The van der Waals surface area contributed by atoms with E-state index in [1.54, 1.807) is 0 Å². The molecule has 1 atom stereocenters. The molecule has 0 aromatic heterocycles. The highest BCUT2D eigenvalue weighted by Gasteiger charge is 2.51. The number of halogens is 3. The lowest BCUT2D eigenvalue weighted by Crippen LogP contribution is -2.62. The largest absolute Gasteiger partial charge is 0.417 e. The highest BCUT2D eigenvalue weighted by molar-refractivity contribution is 6.01. The summed E-state index contributed by atoms with van der Waals surface area (Å²) in [5.41, 5.74) is 4.02. The molecule has 3 rings (SSSR count). The van der Waals surface area contributed by atoms with E-state index in [2.05, 4.69) is 32.0 Å². The van der Waals surface area contributed by atoms with E-state index < -0.39 is 23.3 Å². The van der Waals surface area contributed by atoms with Crippen LogP contribution in [-0.4, -0.2) is 30.4 Å². The number of fused-ring (bicyclic) bond motifs is 3. The lowest BCUT2D eigenvalue weighted by molar-refractivity contribution is -0.137. The van der Waals surface area contributed by atoms with Gasteiger partial charge in [-0.25, -0.2) is 0 Å². The molecule has 4 nitrogen and oxygen atoms in total. The second kappa shape index (κ2) is 7.69. The quantitative estimate of drug-likeness (QED) is 0.713. The number of nitrogens with two attached hydrogens (primary N) is 1. The normalized spacial score (nSPS) is 21.7. The van der Waals surface area contributed by atoms with Crippen LogP contribution in [0.25, 0.3) is 0 Å². The van der Waals surface area contributed by atoms with Crippen molar-refractivity contribution in [1.29, 1.82) is 0 Å². The first kappa shape index (κ1) is 20.0. The zero-order valence-corrected chi connectivity index (χ0v) is 13.8. The van der Waals surface area contributed by atoms with Crippen LogP contribution in [0.5, 0.6) is 0 Å². The zero-order valence-electron chi connectivity index (χ0n) is 13.8. The molecular weight excluding hydrogens is 319 g/mol. The van der Waals surface area contributed by atoms with Crippen molar-refractivity contribution >= 4 is 5.91 Å². The Labute approximate surface area is 140 Å². The summed E-state index contributed by atoms with van der Waals surface area (Å²) < 4.78 is 39.0. The molecular formula is C17H22F3N3O. The number of amides is 1. The fourth-order valence-electron chi connectivity index (χ4n) is 2.80. The Balaban J connectivity index is 0.000000521. The van der Waals surface area contributed by atoms with Gasteiger partial charge in [0, 0.05) is 25.2 Å². The minimum Gasteiger partial charge on any atom is -0.314 e. The molecule has 3 N–H and O–H groups in total. The van der Waals surface area contributed by atoms with Gasteiger partial charge in [0.2, 0.25) is 0 Å². The Bertz CT molecular complexity index is 613. The van der Waals surface area contributed by atoms with Gasteiger partial charge in [-0.2, -0.15) is 13.2 Å². The van der Waals surface area contributed by atoms with E-state index in [1.165, 1.54) is 23.5 Å². The average Bonchev–Trinajstić information content (AvgIpc) is 2.78. The van der Waals surface area contributed by atoms with Crippen molar-refractivity contribution in [1.82, 2.24) is 10.2 Å². The molecule has 0 aliphatic carbocycles. The molecule has 0 unspecified atom stereocenters. The van der Waals surface area contributed by atoms with Crippen molar-refractivity contribution in [2.75, 3.05) is 19.6 Å². The van der Waals surface area contributed by atoms with E-state index in [9.17, 15) is 18.0 Å². The Morgan fingerprint density at radius 3 is 2.46 bits per heavy atom. The lowest BCUT2D eigenvalue weighted by atomic mass is 9.94. The van der Waals surface area contributed by atoms with Crippen molar-refractivity contribution < 1.29 is 18.0 Å². The molecule has 0 saturated carbocycles. The monoisotopic (exact) mass is 341 g/mol. The molecule has 132 valence electrons. The van der Waals surface area contributed by atoms with Crippen LogP contribution in [0.1, 0.15) is 41.8 Å². The highest BCUT2D eigenvalue weighted by atomic mass is 19.4. The maximum absolute atomic E-state index is 13.0. The van der Waals surface area contributed by atoms with Crippen molar-refractivity contribution in [3.8, 4) is 12.8 Å². The van der Waals surface area contributed by atoms with Gasteiger partial charge in [-0.15, -0.1) is 12.8 Å². The topological polar surface area (TPSA) is 58.4 Å². The first-order valence-corrected chi connectivity index (χ1v) is 7.63. The predicted octanol–water partition coefficient (Wildman–Crippen LogP) is 2.54. The summed E-state index contributed by atoms with van der Waals surface area (Å²) in [6, 6.07) is 3.71. The molecule has 2 aliphatic rings. The predicted molar refractivity (Wildman–Crippen MR) is 87.1 cm³/mol. The van der Waals surface area contributed by atoms with Gasteiger partial charge in [-0.3, -0.25) is 4.79 Å². The maximum Gasteiger partial charge on any atom is 0.417 e. The van der Waals surface area contributed by atoms with Crippen molar-refractivity contribution in [3.63, 3.8) is 0 Å². The van der Waals surface area contributed by atoms with Crippen LogP contribution in [0.3, 0.4) is 0 Å². The van der Waals surface area contributed by atoms with Gasteiger partial charge in [0.05, 0.1) is 11.1 Å². The second-order valence-corrected chi connectivity index (χ2v) is 5.49. The molecule has 1 fully saturated rings. The van der Waals surface area contributed by atoms with Crippen LogP contribution < -0.4 is 11.1 Å². The summed E-state index contributed by atoms with van der Waals surface area (Å²) in [6.07, 6.45) is 4.69. The van der Waals surface area contributed by atoms with Crippen molar-refractivity contribution in [3.05, 3.63) is 34.9 Å². The highest BCUT2D eigenvalue weighted by Crippen LogP contribution is 2.42. The number of hydrogen-bond acceptors (Lipinski definition) is 3. The minimum absolute atomic E-state index is 0.250. The minimum atomic E-state index is -4.56. The van der Waals surface area contributed by atoms with E-state index in [-0.39, 0.29) is 17.7 Å². The van der Waals surface area contributed by atoms with Crippen LogP contribution in [-0.2, 0) is 11.8 Å². The number of piperazine rings is 1. The third-order valence-corrected chi connectivity index (χ3v) is 3.68. The van der Waals surface area contributed by atoms with Gasteiger partial charge < -0.3 is 16.0 Å². The Morgan fingerprint density at radius 2 is 1.92 bits per heavy atom. The Kier molecular flexibility index (Phi) is 6.41. The van der Waals surface area contributed by atoms with E-state index in [1.807, 2.05) is 0 Å². The average molecular weight is 341 g/mol. The van der Waals surface area contributed by atoms with Gasteiger partial charge in [-0.05, 0) is 6.07 Å². The summed E-state index contributed by atoms with van der Waals surface area (Å²) >= 11 is 0. The number of rotatable bonds is 0. The van der Waals surface area contributed by atoms with Crippen molar-refractivity contribution in [2.24, 2.45) is 5.73 Å². The third-order valence-electron chi connectivity index (χ3n) is 3.68. The Morgan fingerprint density at radius 1 is 1.33 bits per heavy atom. The molecule has 2 aliphatic heterocycles. The molecule has 1 amide bonds. The third kappa shape index (κ3) is 3.40. The van der Waals surface area contributed by atoms with Gasteiger partial charge in [-0.1, -0.05) is 32.4 Å². The first-order chi connectivity index (χ1) is 11.3. The zero-order chi connectivity index (χ0) is 18.5. The van der Waals surface area contributed by atoms with E-state index >= 15 is 0 Å². The molecule has 2 heterocycles. The number of nitrogens with zero attached hydrogens (tertiary/aromatic N) is 1. The molecule has 0 bridgehead atoms. The molecule has 24 heavy (non-hydrogen) atoms. The van der Waals surface area contributed by atoms with E-state index in [4.69, 9.17) is 5.73 Å². The fourth-order valence-corrected chi connectivity index (χ4v) is 2.80. The van der Waals surface area contributed by atoms with Crippen LogP contribution in [0.2, 0.25) is 0 Å². The smallest absolute Gasteiger partial charge is 0.314 e. The number of hydrogen-bond donors (Lipinski definition) is 2. The number of benzene rings is 1. The maximum atomic E-state index is 13.0. The summed E-state index contributed by atoms with van der Waals surface area (Å²) in [6.45, 7) is 5.34. The van der Waals surface area contributed by atoms with Crippen molar-refractivity contribution in [2.45, 2.75) is 32.1 Å². The Hall–Kier alpha value is -2.04. The molecule has 7 heteroatoms. The van der Waals surface area contributed by atoms with Crippen LogP contribution in [0.4, 0.5) is 13.2 Å². The van der Waals surface area contributed by atoms with Gasteiger partial charge in [0.1, 0.15) is 5.66 Å². The molecule has 1 aromatic carbocycles. The summed E-state index contributed by atoms with van der Waals surface area (Å²) in [5.74, 6) is -0.632. The fraction of sp³-hybridized carbons (Fsp3) is 0.471.